The maximum absolute atomic E-state index is 12.6. The number of hydrogen-bond acceptors (Lipinski definition) is 2. The summed E-state index contributed by atoms with van der Waals surface area (Å²) in [6.45, 7) is 6.52. The maximum atomic E-state index is 12.6. The molecule has 0 aliphatic rings. The van der Waals surface area contributed by atoms with Gasteiger partial charge in [-0.05, 0) is 60.5 Å². The van der Waals surface area contributed by atoms with E-state index in [2.05, 4.69) is 15.9 Å². The molecule has 0 atom stereocenters. The third kappa shape index (κ3) is 3.10. The summed E-state index contributed by atoms with van der Waals surface area (Å²) in [6.07, 6.45) is 0. The van der Waals surface area contributed by atoms with Gasteiger partial charge in [0, 0.05) is 15.6 Å². The standard InChI is InChI=1S/C17H17BrO2/c1-4-20-13-6-8-15(16(18)10-13)17(19)14-7-5-11(2)9-12(14)3/h5-10H,4H2,1-3H3. The molecule has 0 spiro atoms. The van der Waals surface area contributed by atoms with Crippen LogP contribution in [0.2, 0.25) is 0 Å². The Hall–Kier alpha value is -1.61. The molecule has 0 heterocycles. The molecule has 0 fully saturated rings. The Morgan fingerprint density at radius 2 is 1.80 bits per heavy atom. The average Bonchev–Trinajstić information content (AvgIpc) is 2.38. The molecule has 0 N–H and O–H groups in total. The second-order valence-electron chi connectivity index (χ2n) is 4.72. The third-order valence-electron chi connectivity index (χ3n) is 3.12. The van der Waals surface area contributed by atoms with Crippen LogP contribution >= 0.6 is 15.9 Å². The first-order chi connectivity index (χ1) is 9.52. The first-order valence-electron chi connectivity index (χ1n) is 6.57. The lowest BCUT2D eigenvalue weighted by molar-refractivity contribution is 0.103. The maximum Gasteiger partial charge on any atom is 0.194 e. The highest BCUT2D eigenvalue weighted by molar-refractivity contribution is 9.10. The van der Waals surface area contributed by atoms with Crippen molar-refractivity contribution in [3.05, 3.63) is 63.1 Å². The Bertz CT molecular complexity index is 647. The molecule has 2 rings (SSSR count). The normalized spacial score (nSPS) is 10.4. The zero-order valence-corrected chi connectivity index (χ0v) is 13.5. The first kappa shape index (κ1) is 14.8. The van der Waals surface area contributed by atoms with E-state index in [1.54, 1.807) is 6.07 Å². The van der Waals surface area contributed by atoms with Gasteiger partial charge in [-0.2, -0.15) is 0 Å². The zero-order chi connectivity index (χ0) is 14.7. The molecule has 3 heteroatoms. The van der Waals surface area contributed by atoms with Crippen LogP contribution in [-0.2, 0) is 0 Å². The molecule has 0 aliphatic carbocycles. The predicted octanol–water partition coefficient (Wildman–Crippen LogP) is 4.70. The molecule has 0 saturated carbocycles. The van der Waals surface area contributed by atoms with Crippen molar-refractivity contribution in [2.45, 2.75) is 20.8 Å². The Labute approximate surface area is 127 Å². The Balaban J connectivity index is 2.38. The van der Waals surface area contributed by atoms with Crippen LogP contribution in [0.1, 0.15) is 34.0 Å². The van der Waals surface area contributed by atoms with Crippen molar-refractivity contribution in [2.24, 2.45) is 0 Å². The summed E-state index contributed by atoms with van der Waals surface area (Å²) in [7, 11) is 0. The van der Waals surface area contributed by atoms with E-state index in [1.807, 2.05) is 51.1 Å². The highest BCUT2D eigenvalue weighted by atomic mass is 79.9. The molecule has 104 valence electrons. The molecular weight excluding hydrogens is 316 g/mol. The van der Waals surface area contributed by atoms with Gasteiger partial charge in [-0.3, -0.25) is 4.79 Å². The number of halogens is 1. The molecular formula is C17H17BrO2. The number of hydrogen-bond donors (Lipinski definition) is 0. The number of aryl methyl sites for hydroxylation is 2. The monoisotopic (exact) mass is 332 g/mol. The van der Waals surface area contributed by atoms with Crippen LogP contribution < -0.4 is 4.74 Å². The fraction of sp³-hybridized carbons (Fsp3) is 0.235. The summed E-state index contributed by atoms with van der Waals surface area (Å²) in [5.41, 5.74) is 3.54. The van der Waals surface area contributed by atoms with Gasteiger partial charge in [-0.25, -0.2) is 0 Å². The van der Waals surface area contributed by atoms with Gasteiger partial charge in [-0.1, -0.05) is 23.8 Å². The lowest BCUT2D eigenvalue weighted by Gasteiger charge is -2.09. The van der Waals surface area contributed by atoms with Crippen LogP contribution in [0, 0.1) is 13.8 Å². The number of benzene rings is 2. The van der Waals surface area contributed by atoms with E-state index < -0.39 is 0 Å². The summed E-state index contributed by atoms with van der Waals surface area (Å²) in [4.78, 5) is 12.6. The smallest absolute Gasteiger partial charge is 0.194 e. The highest BCUT2D eigenvalue weighted by Gasteiger charge is 2.15. The van der Waals surface area contributed by atoms with Crippen LogP contribution in [0.15, 0.2) is 40.9 Å². The van der Waals surface area contributed by atoms with Gasteiger partial charge >= 0.3 is 0 Å². The minimum Gasteiger partial charge on any atom is -0.494 e. The van der Waals surface area contributed by atoms with Gasteiger partial charge in [0.05, 0.1) is 6.61 Å². The van der Waals surface area contributed by atoms with Crippen LogP contribution in [0.3, 0.4) is 0 Å². The molecule has 2 aromatic carbocycles. The van der Waals surface area contributed by atoms with Gasteiger partial charge in [0.1, 0.15) is 5.75 Å². The summed E-state index contributed by atoms with van der Waals surface area (Å²) in [5, 5.41) is 0. The van der Waals surface area contributed by atoms with Crippen molar-refractivity contribution >= 4 is 21.7 Å². The quantitative estimate of drug-likeness (QED) is 0.759. The zero-order valence-electron chi connectivity index (χ0n) is 11.9. The lowest BCUT2D eigenvalue weighted by Crippen LogP contribution is -2.05. The van der Waals surface area contributed by atoms with E-state index in [-0.39, 0.29) is 5.78 Å². The van der Waals surface area contributed by atoms with Crippen molar-refractivity contribution < 1.29 is 9.53 Å². The van der Waals surface area contributed by atoms with E-state index in [9.17, 15) is 4.79 Å². The minimum absolute atomic E-state index is 0.0254. The largest absolute Gasteiger partial charge is 0.494 e. The van der Waals surface area contributed by atoms with Crippen molar-refractivity contribution in [1.82, 2.24) is 0 Å². The van der Waals surface area contributed by atoms with Crippen molar-refractivity contribution in [3.63, 3.8) is 0 Å². The van der Waals surface area contributed by atoms with Gasteiger partial charge in [-0.15, -0.1) is 0 Å². The molecule has 0 aliphatic heterocycles. The van der Waals surface area contributed by atoms with Crippen LogP contribution in [-0.4, -0.2) is 12.4 Å². The first-order valence-corrected chi connectivity index (χ1v) is 7.36. The summed E-state index contributed by atoms with van der Waals surface area (Å²) >= 11 is 3.45. The van der Waals surface area contributed by atoms with Gasteiger partial charge < -0.3 is 4.74 Å². The van der Waals surface area contributed by atoms with Crippen LogP contribution in [0.4, 0.5) is 0 Å². The van der Waals surface area contributed by atoms with Crippen LogP contribution in [0.5, 0.6) is 5.75 Å². The number of carbonyl (C=O) groups is 1. The molecule has 2 nitrogen and oxygen atoms in total. The summed E-state index contributed by atoms with van der Waals surface area (Å²) in [6, 6.07) is 11.3. The fourth-order valence-corrected chi connectivity index (χ4v) is 2.69. The van der Waals surface area contributed by atoms with E-state index in [1.165, 1.54) is 0 Å². The van der Waals surface area contributed by atoms with Gasteiger partial charge in [0.25, 0.3) is 0 Å². The van der Waals surface area contributed by atoms with Crippen molar-refractivity contribution in [2.75, 3.05) is 6.61 Å². The molecule has 0 radical (unpaired) electrons. The number of carbonyl (C=O) groups excluding carboxylic acids is 1. The molecule has 0 saturated heterocycles. The Kier molecular flexibility index (Phi) is 4.61. The molecule has 0 aromatic heterocycles. The molecule has 2 aromatic rings. The van der Waals surface area contributed by atoms with E-state index in [0.717, 1.165) is 26.9 Å². The Morgan fingerprint density at radius 1 is 1.10 bits per heavy atom. The highest BCUT2D eigenvalue weighted by Crippen LogP contribution is 2.26. The molecule has 0 bridgehead atoms. The van der Waals surface area contributed by atoms with E-state index >= 15 is 0 Å². The molecule has 0 amide bonds. The number of rotatable bonds is 4. The van der Waals surface area contributed by atoms with E-state index in [0.29, 0.717) is 12.2 Å². The van der Waals surface area contributed by atoms with Crippen molar-refractivity contribution in [1.29, 1.82) is 0 Å². The molecule has 20 heavy (non-hydrogen) atoms. The Morgan fingerprint density at radius 3 is 2.40 bits per heavy atom. The van der Waals surface area contributed by atoms with Crippen molar-refractivity contribution in [3.8, 4) is 5.75 Å². The second kappa shape index (κ2) is 6.23. The number of ether oxygens (including phenoxy) is 1. The molecule has 0 unspecified atom stereocenters. The SMILES string of the molecule is CCOc1ccc(C(=O)c2ccc(C)cc2C)c(Br)c1. The summed E-state index contributed by atoms with van der Waals surface area (Å²) < 4.78 is 6.18. The topological polar surface area (TPSA) is 26.3 Å². The predicted molar refractivity (Wildman–Crippen MR) is 84.7 cm³/mol. The third-order valence-corrected chi connectivity index (χ3v) is 3.78. The van der Waals surface area contributed by atoms with Gasteiger partial charge in [0.15, 0.2) is 5.78 Å². The fourth-order valence-electron chi connectivity index (χ4n) is 2.15. The number of ketones is 1. The summed E-state index contributed by atoms with van der Waals surface area (Å²) in [5.74, 6) is 0.786. The van der Waals surface area contributed by atoms with E-state index in [4.69, 9.17) is 4.74 Å². The van der Waals surface area contributed by atoms with Crippen LogP contribution in [0.25, 0.3) is 0 Å². The van der Waals surface area contributed by atoms with Gasteiger partial charge in [0.2, 0.25) is 0 Å². The minimum atomic E-state index is 0.0254. The second-order valence-corrected chi connectivity index (χ2v) is 5.58. The average molecular weight is 333 g/mol. The lowest BCUT2D eigenvalue weighted by atomic mass is 9.97.